The zero-order valence-electron chi connectivity index (χ0n) is 14.9. The molecule has 18 heavy (non-hydrogen) atoms. The Morgan fingerprint density at radius 2 is 0.611 bits per heavy atom. The Kier molecular flexibility index (Phi) is 7.10. The first kappa shape index (κ1) is 19.1. The summed E-state index contributed by atoms with van der Waals surface area (Å²) in [6.07, 6.45) is 0. The van der Waals surface area contributed by atoms with E-state index < -0.39 is 26.5 Å². The van der Waals surface area contributed by atoms with Crippen LogP contribution in [0.15, 0.2) is 0 Å². The van der Waals surface area contributed by atoms with Crippen LogP contribution in [-0.4, -0.2) is 26.5 Å². The first-order valence-corrected chi connectivity index (χ1v) is 19.4. The molecule has 0 heterocycles. The van der Waals surface area contributed by atoms with Crippen molar-refractivity contribution in [3.8, 4) is 0 Å². The van der Waals surface area contributed by atoms with Crippen LogP contribution in [-0.2, 0) is 0 Å². The molecule has 0 amide bonds. The summed E-state index contributed by atoms with van der Waals surface area (Å²) in [5.41, 5.74) is 0. The van der Waals surface area contributed by atoms with Crippen LogP contribution in [0.25, 0.3) is 0 Å². The fourth-order valence-corrected chi connectivity index (χ4v) is 49.9. The van der Waals surface area contributed by atoms with Crippen LogP contribution in [0.2, 0.25) is 34.1 Å². The summed E-state index contributed by atoms with van der Waals surface area (Å²) in [6.45, 7) is 22.8. The predicted molar refractivity (Wildman–Crippen MR) is 93.1 cm³/mol. The molecule has 0 atom stereocenters. The van der Waals surface area contributed by atoms with Gasteiger partial charge in [-0.05, 0) is 0 Å². The molecule has 0 aromatic carbocycles. The van der Waals surface area contributed by atoms with Gasteiger partial charge in [0.15, 0.2) is 0 Å². The van der Waals surface area contributed by atoms with Gasteiger partial charge in [-0.15, -0.1) is 0 Å². The van der Waals surface area contributed by atoms with E-state index in [1.165, 1.54) is 0 Å². The second kappa shape index (κ2) is 6.69. The van der Waals surface area contributed by atoms with Crippen molar-refractivity contribution in [2.75, 3.05) is 0 Å². The fourth-order valence-electron chi connectivity index (χ4n) is 4.00. The van der Waals surface area contributed by atoms with Gasteiger partial charge in [0, 0.05) is 0 Å². The average molecular weight is 376 g/mol. The van der Waals surface area contributed by atoms with E-state index in [2.05, 4.69) is 73.8 Å². The Hall–Kier alpha value is 1.09. The van der Waals surface area contributed by atoms with Crippen molar-refractivity contribution in [1.82, 2.24) is 0 Å². The van der Waals surface area contributed by atoms with E-state index in [-0.39, 0.29) is 0 Å². The molecule has 0 fully saturated rings. The van der Waals surface area contributed by atoms with E-state index in [0.717, 1.165) is 22.6 Å². The second-order valence-corrected chi connectivity index (χ2v) is 35.4. The van der Waals surface area contributed by atoms with E-state index in [1.54, 1.807) is 0 Å². The van der Waals surface area contributed by atoms with E-state index in [0.29, 0.717) is 0 Å². The molecular weight excluding hydrogens is 337 g/mol. The molecule has 0 aliphatic rings. The normalized spacial score (nSPS) is 14.7. The summed E-state index contributed by atoms with van der Waals surface area (Å²) < 4.78 is 4.94. The first-order valence-electron chi connectivity index (χ1n) is 7.93. The van der Waals surface area contributed by atoms with Crippen molar-refractivity contribution in [3.63, 3.8) is 0 Å². The summed E-state index contributed by atoms with van der Waals surface area (Å²) in [7, 11) is 0. The molecule has 0 bridgehead atoms. The molecule has 0 saturated heterocycles. The van der Waals surface area contributed by atoms with Crippen LogP contribution in [0.4, 0.5) is 0 Å². The van der Waals surface area contributed by atoms with Crippen LogP contribution < -0.4 is 0 Å². The quantitative estimate of drug-likeness (QED) is 0.452. The van der Waals surface area contributed by atoms with Gasteiger partial charge in [0.05, 0.1) is 0 Å². The molecule has 0 unspecified atom stereocenters. The van der Waals surface area contributed by atoms with Crippen LogP contribution in [0.5, 0.6) is 0 Å². The summed E-state index contributed by atoms with van der Waals surface area (Å²) in [5, 5.41) is 0. The molecule has 110 valence electrons. The Morgan fingerprint density at radius 1 is 0.444 bits per heavy atom. The van der Waals surface area contributed by atoms with Crippen LogP contribution in [0.3, 0.4) is 0 Å². The molecule has 0 aromatic heterocycles. The van der Waals surface area contributed by atoms with Crippen molar-refractivity contribution in [3.05, 3.63) is 0 Å². The molecule has 0 nitrogen and oxygen atoms in total. The number of hydrogen-bond acceptors (Lipinski definition) is 0. The van der Waals surface area contributed by atoms with E-state index in [9.17, 15) is 0 Å². The molecule has 0 aliphatic carbocycles. The first-order chi connectivity index (χ1) is 7.93. The van der Waals surface area contributed by atoms with Crippen LogP contribution >= 0.6 is 0 Å². The van der Waals surface area contributed by atoms with E-state index >= 15 is 0 Å². The summed E-state index contributed by atoms with van der Waals surface area (Å²) in [4.78, 5) is 0. The summed E-state index contributed by atoms with van der Waals surface area (Å²) >= 11 is -3.54. The minimum atomic E-state index is -1.77. The van der Waals surface area contributed by atoms with Gasteiger partial charge in [0.1, 0.15) is 0 Å². The van der Waals surface area contributed by atoms with Crippen LogP contribution in [0.1, 0.15) is 62.3 Å². The molecule has 0 aromatic rings. The maximum absolute atomic E-state index is 2.74. The molecular formula is C16H38Ge2. The SMILES string of the molecule is C[CH](C)[Ge]([CH3])([CH](C)C)[CH](C)[Ge]([CH3])([CH](C)C)[CH](C)C. The topological polar surface area (TPSA) is 0 Å². The molecule has 0 spiro atoms. The van der Waals surface area contributed by atoms with Gasteiger partial charge in [0.2, 0.25) is 0 Å². The van der Waals surface area contributed by atoms with Crippen molar-refractivity contribution in [1.29, 1.82) is 0 Å². The molecule has 0 radical (unpaired) electrons. The Morgan fingerprint density at radius 3 is 0.722 bits per heavy atom. The molecule has 2 heteroatoms. The molecule has 0 rings (SSSR count). The zero-order valence-corrected chi connectivity index (χ0v) is 19.1. The van der Waals surface area contributed by atoms with E-state index in [1.807, 2.05) is 0 Å². The standard InChI is InChI=1S/C16H38Ge2/c1-12(2)17(10,13(3)4)16(9)18(11,14(5)6)15(7)8/h12-16H,1-11H3. The van der Waals surface area contributed by atoms with Crippen molar-refractivity contribution in [2.24, 2.45) is 0 Å². The average Bonchev–Trinajstić information content (AvgIpc) is 2.24. The maximum atomic E-state index is 2.74. The van der Waals surface area contributed by atoms with Crippen molar-refractivity contribution < 1.29 is 0 Å². The third-order valence-corrected chi connectivity index (χ3v) is 49.1. The third kappa shape index (κ3) is 3.21. The van der Waals surface area contributed by atoms with Gasteiger partial charge in [-0.25, -0.2) is 0 Å². The Balaban J connectivity index is 5.63. The van der Waals surface area contributed by atoms with Crippen molar-refractivity contribution in [2.45, 2.75) is 96.4 Å². The van der Waals surface area contributed by atoms with Gasteiger partial charge in [-0.1, -0.05) is 0 Å². The number of rotatable bonds is 6. The van der Waals surface area contributed by atoms with Gasteiger partial charge >= 0.3 is 123 Å². The fraction of sp³-hybridized carbons (Fsp3) is 1.00. The van der Waals surface area contributed by atoms with Crippen molar-refractivity contribution >= 4 is 26.5 Å². The van der Waals surface area contributed by atoms with Gasteiger partial charge in [-0.3, -0.25) is 0 Å². The zero-order chi connectivity index (χ0) is 14.9. The second-order valence-electron chi connectivity index (χ2n) is 8.07. The summed E-state index contributed by atoms with van der Waals surface area (Å²) in [5.74, 6) is 5.49. The van der Waals surface area contributed by atoms with E-state index in [4.69, 9.17) is 0 Å². The van der Waals surface area contributed by atoms with Crippen LogP contribution in [0, 0.1) is 0 Å². The monoisotopic (exact) mass is 378 g/mol. The Labute approximate surface area is 122 Å². The summed E-state index contributed by atoms with van der Waals surface area (Å²) in [6, 6.07) is 0. The molecule has 0 saturated carbocycles. The number of hydrogen-bond donors (Lipinski definition) is 0. The predicted octanol–water partition coefficient (Wildman–Crippen LogP) is 6.71. The molecule has 0 aliphatic heterocycles. The van der Waals surface area contributed by atoms with Gasteiger partial charge < -0.3 is 0 Å². The third-order valence-electron chi connectivity index (χ3n) is 6.84. The van der Waals surface area contributed by atoms with Gasteiger partial charge in [0.25, 0.3) is 0 Å². The van der Waals surface area contributed by atoms with Gasteiger partial charge in [-0.2, -0.15) is 0 Å². The minimum absolute atomic E-state index is 0.961. The molecule has 0 N–H and O–H groups in total. The Bertz CT molecular complexity index is 212.